The van der Waals surface area contributed by atoms with E-state index in [1.54, 1.807) is 7.05 Å². The van der Waals surface area contributed by atoms with Crippen molar-refractivity contribution in [1.29, 1.82) is 0 Å². The fourth-order valence-corrected chi connectivity index (χ4v) is 2.36. The fourth-order valence-electron chi connectivity index (χ4n) is 2.36. The van der Waals surface area contributed by atoms with Crippen molar-refractivity contribution in [3.05, 3.63) is 0 Å². The molecule has 2 saturated heterocycles. The molecule has 5 heteroatoms. The van der Waals surface area contributed by atoms with E-state index in [1.807, 2.05) is 0 Å². The van der Waals surface area contributed by atoms with Crippen LogP contribution in [0.4, 0.5) is 4.79 Å². The Morgan fingerprint density at radius 2 is 2.31 bits per heavy atom. The summed E-state index contributed by atoms with van der Waals surface area (Å²) in [6.07, 6.45) is -0.369. The Hall–Kier alpha value is -0.810. The number of hydrogen-bond donors (Lipinski definition) is 1. The lowest BCUT2D eigenvalue weighted by atomic mass is 9.90. The van der Waals surface area contributed by atoms with Gasteiger partial charge in [-0.25, -0.2) is 4.79 Å². The fraction of sp³-hybridized carbons (Fsp3) is 0.875. The first-order valence-corrected chi connectivity index (χ1v) is 4.45. The molecule has 1 aliphatic carbocycles. The summed E-state index contributed by atoms with van der Waals surface area (Å²) in [5.41, 5.74) is 0. The molecular weight excluding hydrogens is 174 g/mol. The van der Waals surface area contributed by atoms with Crippen LogP contribution < -0.4 is 0 Å². The number of fused-ring (bicyclic) bond motifs is 3. The average Bonchev–Trinajstić information content (AvgIpc) is 2.76. The Balaban J connectivity index is 1.91. The third-order valence-electron chi connectivity index (χ3n) is 3.12. The maximum atomic E-state index is 11.2. The molecule has 2 heterocycles. The maximum Gasteiger partial charge on any atom is 0.410 e. The standard InChI is InChI=1S/C8H11NO4/c1-9-5-3(10)2-4-6(12-4)7(5)13-8(9)11/h3-7,10H,2H2,1H3/t3-,4-,5-,6-,7-/m1/s1. The Labute approximate surface area is 75.2 Å². The highest BCUT2D eigenvalue weighted by atomic mass is 16.6. The number of epoxide rings is 1. The molecule has 0 unspecified atom stereocenters. The minimum Gasteiger partial charge on any atom is -0.441 e. The van der Waals surface area contributed by atoms with Crippen LogP contribution in [0.25, 0.3) is 0 Å². The van der Waals surface area contributed by atoms with Gasteiger partial charge in [-0.2, -0.15) is 0 Å². The number of nitrogens with zero attached hydrogens (tertiary/aromatic N) is 1. The highest BCUT2D eigenvalue weighted by Crippen LogP contribution is 2.42. The third-order valence-corrected chi connectivity index (χ3v) is 3.12. The summed E-state index contributed by atoms with van der Waals surface area (Å²) in [5.74, 6) is 0. The Morgan fingerprint density at radius 1 is 1.54 bits per heavy atom. The molecule has 0 aromatic rings. The van der Waals surface area contributed by atoms with Gasteiger partial charge in [-0.3, -0.25) is 0 Å². The number of amides is 1. The van der Waals surface area contributed by atoms with Crippen LogP contribution in [0.1, 0.15) is 6.42 Å². The second-order valence-electron chi connectivity index (χ2n) is 3.89. The zero-order valence-corrected chi connectivity index (χ0v) is 7.21. The third kappa shape index (κ3) is 0.858. The van der Waals surface area contributed by atoms with Crippen LogP contribution in [0.5, 0.6) is 0 Å². The van der Waals surface area contributed by atoms with Crippen LogP contribution in [0.3, 0.4) is 0 Å². The van der Waals surface area contributed by atoms with E-state index in [0.29, 0.717) is 6.42 Å². The van der Waals surface area contributed by atoms with Crippen molar-refractivity contribution in [3.63, 3.8) is 0 Å². The van der Waals surface area contributed by atoms with Crippen LogP contribution in [0, 0.1) is 0 Å². The highest BCUT2D eigenvalue weighted by molar-refractivity contribution is 5.71. The molecule has 5 atom stereocenters. The van der Waals surface area contributed by atoms with Crippen molar-refractivity contribution in [2.24, 2.45) is 0 Å². The molecule has 72 valence electrons. The Bertz CT molecular complexity index is 269. The van der Waals surface area contributed by atoms with E-state index in [4.69, 9.17) is 9.47 Å². The molecule has 0 bridgehead atoms. The molecule has 1 amide bonds. The number of rotatable bonds is 0. The molecule has 3 fully saturated rings. The number of hydrogen-bond acceptors (Lipinski definition) is 4. The topological polar surface area (TPSA) is 62.3 Å². The van der Waals surface area contributed by atoms with Gasteiger partial charge in [-0.15, -0.1) is 0 Å². The SMILES string of the molecule is CN1C(=O)O[C@H]2[C@@H]3O[C@@H]3C[C@@H](O)[C@H]21. The number of carbonyl (C=O) groups is 1. The molecule has 1 saturated carbocycles. The van der Waals surface area contributed by atoms with Crippen LogP contribution in [0.2, 0.25) is 0 Å². The Kier molecular flexibility index (Phi) is 1.26. The number of likely N-dealkylation sites (N-methyl/N-ethyl adjacent to an activating group) is 1. The van der Waals surface area contributed by atoms with Gasteiger partial charge < -0.3 is 19.5 Å². The summed E-state index contributed by atoms with van der Waals surface area (Å²) in [6, 6.07) is -0.212. The summed E-state index contributed by atoms with van der Waals surface area (Å²) >= 11 is 0. The summed E-state index contributed by atoms with van der Waals surface area (Å²) in [4.78, 5) is 12.7. The molecule has 13 heavy (non-hydrogen) atoms. The number of ether oxygens (including phenoxy) is 2. The van der Waals surface area contributed by atoms with Gasteiger partial charge in [0, 0.05) is 13.5 Å². The van der Waals surface area contributed by atoms with E-state index in [-0.39, 0.29) is 30.4 Å². The normalized spacial score (nSPS) is 52.6. The molecule has 3 rings (SSSR count). The van der Waals surface area contributed by atoms with Gasteiger partial charge in [0.25, 0.3) is 0 Å². The minimum atomic E-state index is -0.509. The maximum absolute atomic E-state index is 11.2. The monoisotopic (exact) mass is 185 g/mol. The van der Waals surface area contributed by atoms with Crippen LogP contribution in [0.15, 0.2) is 0 Å². The summed E-state index contributed by atoms with van der Waals surface area (Å²) in [6.45, 7) is 0. The van der Waals surface area contributed by atoms with Crippen molar-refractivity contribution < 1.29 is 19.4 Å². The molecular formula is C8H11NO4. The lowest BCUT2D eigenvalue weighted by Crippen LogP contribution is -2.49. The van der Waals surface area contributed by atoms with Gasteiger partial charge in [0.05, 0.1) is 12.2 Å². The smallest absolute Gasteiger partial charge is 0.410 e. The van der Waals surface area contributed by atoms with Crippen molar-refractivity contribution in [3.8, 4) is 0 Å². The van der Waals surface area contributed by atoms with E-state index in [9.17, 15) is 9.90 Å². The van der Waals surface area contributed by atoms with Gasteiger partial charge in [0.15, 0.2) is 6.10 Å². The molecule has 2 aliphatic heterocycles. The molecule has 0 aromatic carbocycles. The average molecular weight is 185 g/mol. The predicted molar refractivity (Wildman–Crippen MR) is 41.1 cm³/mol. The molecule has 5 nitrogen and oxygen atoms in total. The first kappa shape index (κ1) is 7.58. The van der Waals surface area contributed by atoms with E-state index in [0.717, 1.165) is 0 Å². The van der Waals surface area contributed by atoms with E-state index in [2.05, 4.69) is 0 Å². The highest BCUT2D eigenvalue weighted by Gasteiger charge is 2.61. The number of carbonyl (C=O) groups excluding carboxylic acids is 1. The van der Waals surface area contributed by atoms with Gasteiger partial charge in [0.2, 0.25) is 0 Å². The summed E-state index contributed by atoms with van der Waals surface area (Å²) in [7, 11) is 1.65. The lowest BCUT2D eigenvalue weighted by molar-refractivity contribution is 0.0368. The Morgan fingerprint density at radius 3 is 3.08 bits per heavy atom. The van der Waals surface area contributed by atoms with Crippen molar-refractivity contribution in [1.82, 2.24) is 4.90 Å². The van der Waals surface area contributed by atoms with Gasteiger partial charge in [-0.1, -0.05) is 0 Å². The van der Waals surface area contributed by atoms with Crippen molar-refractivity contribution in [2.45, 2.75) is 36.9 Å². The first-order valence-electron chi connectivity index (χ1n) is 4.45. The van der Waals surface area contributed by atoms with Crippen molar-refractivity contribution >= 4 is 6.09 Å². The first-order chi connectivity index (χ1) is 6.18. The molecule has 3 aliphatic rings. The zero-order valence-electron chi connectivity index (χ0n) is 7.21. The predicted octanol–water partition coefficient (Wildman–Crippen LogP) is -0.662. The number of aliphatic hydroxyl groups is 1. The van der Waals surface area contributed by atoms with E-state index < -0.39 is 6.10 Å². The van der Waals surface area contributed by atoms with E-state index in [1.165, 1.54) is 4.90 Å². The second-order valence-corrected chi connectivity index (χ2v) is 3.89. The van der Waals surface area contributed by atoms with Crippen molar-refractivity contribution in [2.75, 3.05) is 7.05 Å². The largest absolute Gasteiger partial charge is 0.441 e. The lowest BCUT2D eigenvalue weighted by Gasteiger charge is -2.28. The van der Waals surface area contributed by atoms with Gasteiger partial charge >= 0.3 is 6.09 Å². The summed E-state index contributed by atoms with van der Waals surface area (Å²) < 4.78 is 10.4. The van der Waals surface area contributed by atoms with Crippen LogP contribution in [-0.2, 0) is 9.47 Å². The molecule has 1 N–H and O–H groups in total. The number of aliphatic hydroxyl groups excluding tert-OH is 1. The van der Waals surface area contributed by atoms with Crippen LogP contribution >= 0.6 is 0 Å². The van der Waals surface area contributed by atoms with E-state index >= 15 is 0 Å². The quantitative estimate of drug-likeness (QED) is 0.509. The second kappa shape index (κ2) is 2.16. The van der Waals surface area contributed by atoms with Crippen LogP contribution in [-0.4, -0.2) is 53.6 Å². The van der Waals surface area contributed by atoms with Gasteiger partial charge in [0.1, 0.15) is 12.1 Å². The molecule has 0 aromatic heterocycles. The zero-order chi connectivity index (χ0) is 9.16. The van der Waals surface area contributed by atoms with Gasteiger partial charge in [-0.05, 0) is 0 Å². The molecule has 0 radical (unpaired) electrons. The summed E-state index contributed by atoms with van der Waals surface area (Å²) in [5, 5.41) is 9.71. The minimum absolute atomic E-state index is 0.0299. The molecule has 0 spiro atoms.